The van der Waals surface area contributed by atoms with Gasteiger partial charge in [0.2, 0.25) is 0 Å². The largest absolute Gasteiger partial charge is 0.348 e. The summed E-state index contributed by atoms with van der Waals surface area (Å²) in [5, 5.41) is 4.33. The quantitative estimate of drug-likeness (QED) is 0.800. The van der Waals surface area contributed by atoms with Crippen LogP contribution in [0.4, 0.5) is 0 Å². The van der Waals surface area contributed by atoms with Crippen molar-refractivity contribution in [2.75, 3.05) is 0 Å². The molecule has 1 aliphatic heterocycles. The zero-order valence-electron chi connectivity index (χ0n) is 8.86. The van der Waals surface area contributed by atoms with Crippen LogP contribution in [0, 0.1) is 0 Å². The van der Waals surface area contributed by atoms with E-state index in [2.05, 4.69) is 40.3 Å². The van der Waals surface area contributed by atoms with Crippen molar-refractivity contribution in [2.45, 2.75) is 19.1 Å². The minimum atomic E-state index is 0.386. The zero-order valence-corrected chi connectivity index (χ0v) is 9.61. The lowest BCUT2D eigenvalue weighted by molar-refractivity contribution is 0.404. The summed E-state index contributed by atoms with van der Waals surface area (Å²) in [5.41, 5.74) is 2.65. The van der Waals surface area contributed by atoms with E-state index in [0.29, 0.717) is 6.04 Å². The van der Waals surface area contributed by atoms with Crippen LogP contribution in [0.2, 0.25) is 5.02 Å². The molecule has 0 aliphatic carbocycles. The van der Waals surface area contributed by atoms with E-state index < -0.39 is 0 Å². The number of hydrogen-bond donors (Lipinski definition) is 1. The van der Waals surface area contributed by atoms with Gasteiger partial charge in [0, 0.05) is 30.0 Å². The van der Waals surface area contributed by atoms with Crippen molar-refractivity contribution < 1.29 is 0 Å². The number of nitrogens with zero attached hydrogens (tertiary/aromatic N) is 1. The average Bonchev–Trinajstić information content (AvgIpc) is 2.77. The van der Waals surface area contributed by atoms with Crippen LogP contribution in [0.5, 0.6) is 0 Å². The van der Waals surface area contributed by atoms with Gasteiger partial charge in [-0.1, -0.05) is 23.7 Å². The smallest absolute Gasteiger partial charge is 0.0505 e. The molecule has 3 heteroatoms. The zero-order chi connectivity index (χ0) is 11.0. The Kier molecular flexibility index (Phi) is 2.46. The van der Waals surface area contributed by atoms with Crippen molar-refractivity contribution in [3.8, 4) is 0 Å². The summed E-state index contributed by atoms with van der Waals surface area (Å²) in [5.74, 6) is 0. The molecule has 1 aromatic heterocycles. The van der Waals surface area contributed by atoms with Gasteiger partial charge in [-0.15, -0.1) is 0 Å². The van der Waals surface area contributed by atoms with Gasteiger partial charge in [-0.2, -0.15) is 0 Å². The van der Waals surface area contributed by atoms with Gasteiger partial charge in [0.05, 0.1) is 6.04 Å². The topological polar surface area (TPSA) is 17.0 Å². The van der Waals surface area contributed by atoms with Gasteiger partial charge in [0.25, 0.3) is 0 Å². The van der Waals surface area contributed by atoms with E-state index in [-0.39, 0.29) is 0 Å². The first-order chi connectivity index (χ1) is 7.83. The number of fused-ring (bicyclic) bond motifs is 1. The van der Waals surface area contributed by atoms with E-state index >= 15 is 0 Å². The van der Waals surface area contributed by atoms with Gasteiger partial charge in [-0.05, 0) is 29.8 Å². The van der Waals surface area contributed by atoms with Gasteiger partial charge in [0.15, 0.2) is 0 Å². The highest BCUT2D eigenvalue weighted by Gasteiger charge is 2.17. The number of nitrogens with one attached hydrogen (secondary N) is 1. The van der Waals surface area contributed by atoms with Crippen LogP contribution in [0.15, 0.2) is 42.6 Å². The summed E-state index contributed by atoms with van der Waals surface area (Å²) in [6.07, 6.45) is 2.14. The summed E-state index contributed by atoms with van der Waals surface area (Å²) in [6, 6.07) is 12.7. The van der Waals surface area contributed by atoms with Crippen LogP contribution in [-0.4, -0.2) is 4.57 Å². The predicted molar refractivity (Wildman–Crippen MR) is 65.5 cm³/mol. The number of halogens is 1. The van der Waals surface area contributed by atoms with E-state index in [1.807, 2.05) is 12.1 Å². The standard InChI is InChI=1S/C13H13ClN2/c14-11-5-3-10(4-6-11)13-9-16-7-1-2-12(16)8-15-13/h1-7,13,15H,8-9H2/t13-/m0/s1. The maximum Gasteiger partial charge on any atom is 0.0505 e. The molecule has 0 bridgehead atoms. The summed E-state index contributed by atoms with van der Waals surface area (Å²) >= 11 is 5.89. The molecule has 1 N–H and O–H groups in total. The molecule has 0 fully saturated rings. The van der Waals surface area contributed by atoms with Crippen LogP contribution in [-0.2, 0) is 13.1 Å². The highest BCUT2D eigenvalue weighted by molar-refractivity contribution is 6.30. The Labute approximate surface area is 99.8 Å². The van der Waals surface area contributed by atoms with Crippen molar-refractivity contribution >= 4 is 11.6 Å². The molecule has 0 spiro atoms. The second kappa shape index (κ2) is 3.96. The molecule has 1 atom stereocenters. The molecular weight excluding hydrogens is 220 g/mol. The second-order valence-electron chi connectivity index (χ2n) is 4.14. The molecule has 2 aromatic rings. The highest BCUT2D eigenvalue weighted by atomic mass is 35.5. The minimum absolute atomic E-state index is 0.386. The molecule has 82 valence electrons. The fourth-order valence-electron chi connectivity index (χ4n) is 2.20. The van der Waals surface area contributed by atoms with Crippen molar-refractivity contribution in [3.05, 3.63) is 58.9 Å². The van der Waals surface area contributed by atoms with Crippen molar-refractivity contribution in [2.24, 2.45) is 0 Å². The Morgan fingerprint density at radius 1 is 1.19 bits per heavy atom. The molecule has 16 heavy (non-hydrogen) atoms. The second-order valence-corrected chi connectivity index (χ2v) is 4.57. The molecule has 1 aliphatic rings. The molecule has 0 radical (unpaired) electrons. The van der Waals surface area contributed by atoms with Crippen LogP contribution in [0.1, 0.15) is 17.3 Å². The van der Waals surface area contributed by atoms with E-state index in [1.165, 1.54) is 11.3 Å². The van der Waals surface area contributed by atoms with Crippen molar-refractivity contribution in [3.63, 3.8) is 0 Å². The fourth-order valence-corrected chi connectivity index (χ4v) is 2.32. The Morgan fingerprint density at radius 3 is 2.81 bits per heavy atom. The maximum absolute atomic E-state index is 5.89. The van der Waals surface area contributed by atoms with E-state index in [9.17, 15) is 0 Å². The molecule has 2 nitrogen and oxygen atoms in total. The Bertz CT molecular complexity index is 487. The summed E-state index contributed by atoms with van der Waals surface area (Å²) in [6.45, 7) is 1.92. The van der Waals surface area contributed by atoms with Gasteiger partial charge < -0.3 is 9.88 Å². The molecule has 0 saturated carbocycles. The van der Waals surface area contributed by atoms with E-state index in [0.717, 1.165) is 18.1 Å². The fraction of sp³-hybridized carbons (Fsp3) is 0.231. The molecule has 3 rings (SSSR count). The number of hydrogen-bond acceptors (Lipinski definition) is 1. The van der Waals surface area contributed by atoms with Gasteiger partial charge in [-0.3, -0.25) is 0 Å². The number of benzene rings is 1. The van der Waals surface area contributed by atoms with Gasteiger partial charge in [0.1, 0.15) is 0 Å². The van der Waals surface area contributed by atoms with Crippen LogP contribution >= 0.6 is 11.6 Å². The first-order valence-corrected chi connectivity index (χ1v) is 5.83. The third kappa shape index (κ3) is 1.75. The number of aromatic nitrogens is 1. The average molecular weight is 233 g/mol. The molecule has 0 amide bonds. The van der Waals surface area contributed by atoms with Crippen molar-refractivity contribution in [1.82, 2.24) is 9.88 Å². The molecular formula is C13H13ClN2. The SMILES string of the molecule is Clc1ccc([C@@H]2Cn3cccc3CN2)cc1. The lowest BCUT2D eigenvalue weighted by Crippen LogP contribution is -2.31. The molecule has 1 aromatic carbocycles. The highest BCUT2D eigenvalue weighted by Crippen LogP contribution is 2.22. The third-order valence-corrected chi connectivity index (χ3v) is 3.36. The van der Waals surface area contributed by atoms with Gasteiger partial charge in [-0.25, -0.2) is 0 Å². The number of rotatable bonds is 1. The summed E-state index contributed by atoms with van der Waals surface area (Å²) in [4.78, 5) is 0. The monoisotopic (exact) mass is 232 g/mol. The maximum atomic E-state index is 5.89. The Morgan fingerprint density at radius 2 is 2.00 bits per heavy atom. The Hall–Kier alpha value is -1.25. The molecule has 0 unspecified atom stereocenters. The Balaban J connectivity index is 1.86. The summed E-state index contributed by atoms with van der Waals surface area (Å²) < 4.78 is 2.30. The van der Waals surface area contributed by atoms with E-state index in [1.54, 1.807) is 0 Å². The minimum Gasteiger partial charge on any atom is -0.348 e. The van der Waals surface area contributed by atoms with E-state index in [4.69, 9.17) is 11.6 Å². The van der Waals surface area contributed by atoms with Crippen LogP contribution < -0.4 is 5.32 Å². The molecule has 2 heterocycles. The van der Waals surface area contributed by atoms with Crippen molar-refractivity contribution in [1.29, 1.82) is 0 Å². The lowest BCUT2D eigenvalue weighted by atomic mass is 10.1. The first kappa shape index (κ1) is 9.94. The van der Waals surface area contributed by atoms with Gasteiger partial charge >= 0.3 is 0 Å². The predicted octanol–water partition coefficient (Wildman–Crippen LogP) is 2.99. The first-order valence-electron chi connectivity index (χ1n) is 5.46. The molecule has 0 saturated heterocycles. The summed E-state index contributed by atoms with van der Waals surface area (Å²) in [7, 11) is 0. The third-order valence-electron chi connectivity index (χ3n) is 3.10. The van der Waals surface area contributed by atoms with Crippen LogP contribution in [0.25, 0.3) is 0 Å². The normalized spacial score (nSPS) is 19.4. The lowest BCUT2D eigenvalue weighted by Gasteiger charge is -2.26. The van der Waals surface area contributed by atoms with Crippen LogP contribution in [0.3, 0.4) is 0 Å².